The normalized spacial score (nSPS) is 12.1. The van der Waals surface area contributed by atoms with Crippen molar-refractivity contribution in [2.45, 2.75) is 136 Å². The van der Waals surface area contributed by atoms with Crippen molar-refractivity contribution in [3.63, 3.8) is 0 Å². The highest BCUT2D eigenvalue weighted by Gasteiger charge is 2.07. The molecule has 0 heterocycles. The number of hydrogen-bond donors (Lipinski definition) is 0. The maximum Gasteiger partial charge on any atom is 0.119 e. The maximum absolute atomic E-state index is 6.07. The molecule has 1 atom stereocenters. The molecule has 0 amide bonds. The van der Waals surface area contributed by atoms with Crippen LogP contribution in [0.15, 0.2) is 48.5 Å². The van der Waals surface area contributed by atoms with E-state index < -0.39 is 0 Å². The van der Waals surface area contributed by atoms with Crippen LogP contribution in [0.25, 0.3) is 11.1 Å². The molecule has 0 radical (unpaired) electrons. The minimum absolute atomic E-state index is 0.149. The van der Waals surface area contributed by atoms with E-state index in [0.717, 1.165) is 25.4 Å². The molecule has 0 bridgehead atoms. The molecule has 0 aliphatic rings. The molecule has 0 saturated heterocycles. The molecule has 2 rings (SSSR count). The summed E-state index contributed by atoms with van der Waals surface area (Å²) in [6, 6.07) is 17.4. The molecule has 0 saturated carbocycles. The third-order valence-corrected chi connectivity index (χ3v) is 7.45. The first-order valence-electron chi connectivity index (χ1n) is 15.7. The van der Waals surface area contributed by atoms with E-state index in [2.05, 4.69) is 69.3 Å². The van der Waals surface area contributed by atoms with E-state index in [4.69, 9.17) is 9.47 Å². The smallest absolute Gasteiger partial charge is 0.119 e. The summed E-state index contributed by atoms with van der Waals surface area (Å²) in [4.78, 5) is 0. The molecule has 0 fully saturated rings. The third-order valence-electron chi connectivity index (χ3n) is 7.45. The average Bonchev–Trinajstić information content (AvgIpc) is 2.93. The van der Waals surface area contributed by atoms with Crippen molar-refractivity contribution in [3.05, 3.63) is 54.1 Å². The monoisotopic (exact) mass is 508 g/mol. The maximum atomic E-state index is 6.07. The van der Waals surface area contributed by atoms with Gasteiger partial charge in [0.15, 0.2) is 0 Å². The highest BCUT2D eigenvalue weighted by atomic mass is 16.5. The van der Waals surface area contributed by atoms with Crippen molar-refractivity contribution in [2.24, 2.45) is 0 Å². The SMILES string of the molecule is CCCCCCCCCCCCCOc1ccc(-c2ccc(C(C)OCCCCCCCC)cc2)cc1. The van der Waals surface area contributed by atoms with E-state index in [1.807, 2.05) is 0 Å². The largest absolute Gasteiger partial charge is 0.494 e. The van der Waals surface area contributed by atoms with E-state index in [9.17, 15) is 0 Å². The molecule has 37 heavy (non-hydrogen) atoms. The lowest BCUT2D eigenvalue weighted by Gasteiger charge is -2.14. The summed E-state index contributed by atoms with van der Waals surface area (Å²) in [5.41, 5.74) is 3.72. The van der Waals surface area contributed by atoms with Crippen molar-refractivity contribution in [1.82, 2.24) is 0 Å². The van der Waals surface area contributed by atoms with Crippen LogP contribution in [-0.4, -0.2) is 13.2 Å². The van der Waals surface area contributed by atoms with Gasteiger partial charge in [-0.1, -0.05) is 147 Å². The van der Waals surface area contributed by atoms with Crippen LogP contribution in [0.3, 0.4) is 0 Å². The van der Waals surface area contributed by atoms with Crippen LogP contribution in [0.1, 0.15) is 142 Å². The van der Waals surface area contributed by atoms with E-state index in [1.54, 1.807) is 0 Å². The molecule has 0 N–H and O–H groups in total. The van der Waals surface area contributed by atoms with Crippen LogP contribution in [0.4, 0.5) is 0 Å². The Morgan fingerprint density at radius 1 is 0.486 bits per heavy atom. The summed E-state index contributed by atoms with van der Waals surface area (Å²) in [5.74, 6) is 0.976. The van der Waals surface area contributed by atoms with Crippen molar-refractivity contribution in [2.75, 3.05) is 13.2 Å². The zero-order valence-corrected chi connectivity index (χ0v) is 24.4. The van der Waals surface area contributed by atoms with Gasteiger partial charge in [0, 0.05) is 6.61 Å². The van der Waals surface area contributed by atoms with Gasteiger partial charge in [-0.2, -0.15) is 0 Å². The van der Waals surface area contributed by atoms with E-state index in [1.165, 1.54) is 119 Å². The second-order valence-corrected chi connectivity index (χ2v) is 10.8. The molecule has 0 spiro atoms. The van der Waals surface area contributed by atoms with Gasteiger partial charge in [-0.15, -0.1) is 0 Å². The zero-order valence-electron chi connectivity index (χ0n) is 24.4. The van der Waals surface area contributed by atoms with Crippen LogP contribution >= 0.6 is 0 Å². The van der Waals surface area contributed by atoms with Gasteiger partial charge in [0.2, 0.25) is 0 Å². The van der Waals surface area contributed by atoms with Gasteiger partial charge in [-0.05, 0) is 48.6 Å². The number of benzene rings is 2. The van der Waals surface area contributed by atoms with Crippen LogP contribution in [-0.2, 0) is 4.74 Å². The van der Waals surface area contributed by atoms with Gasteiger partial charge in [0.05, 0.1) is 12.7 Å². The number of hydrogen-bond acceptors (Lipinski definition) is 2. The van der Waals surface area contributed by atoms with Crippen molar-refractivity contribution in [1.29, 1.82) is 0 Å². The molecule has 2 aromatic carbocycles. The summed E-state index contributed by atoms with van der Waals surface area (Å²) in [5, 5.41) is 0. The molecular weight excluding hydrogens is 452 g/mol. The highest BCUT2D eigenvalue weighted by molar-refractivity contribution is 5.64. The lowest BCUT2D eigenvalue weighted by molar-refractivity contribution is 0.0627. The van der Waals surface area contributed by atoms with Crippen molar-refractivity contribution in [3.8, 4) is 16.9 Å². The van der Waals surface area contributed by atoms with Crippen LogP contribution in [0.5, 0.6) is 5.75 Å². The third kappa shape index (κ3) is 14.6. The number of rotatable bonds is 23. The standard InChI is InChI=1S/C35H56O2/c1-4-6-8-10-12-13-14-15-16-18-20-30-37-35-27-25-34(26-28-35)33-23-21-32(22-24-33)31(3)36-29-19-17-11-9-7-5-2/h21-28,31H,4-20,29-30H2,1-3H3. The first-order chi connectivity index (χ1) is 18.2. The van der Waals surface area contributed by atoms with E-state index >= 15 is 0 Å². The Morgan fingerprint density at radius 2 is 0.892 bits per heavy atom. The molecule has 1 unspecified atom stereocenters. The van der Waals surface area contributed by atoms with Gasteiger partial charge >= 0.3 is 0 Å². The van der Waals surface area contributed by atoms with Gasteiger partial charge in [-0.3, -0.25) is 0 Å². The predicted molar refractivity (Wildman–Crippen MR) is 162 cm³/mol. The number of ether oxygens (including phenoxy) is 2. The summed E-state index contributed by atoms with van der Waals surface area (Å²) in [7, 11) is 0. The first-order valence-corrected chi connectivity index (χ1v) is 15.7. The molecular formula is C35H56O2. The molecule has 2 heteroatoms. The van der Waals surface area contributed by atoms with Crippen LogP contribution in [0.2, 0.25) is 0 Å². The molecule has 2 nitrogen and oxygen atoms in total. The van der Waals surface area contributed by atoms with Gasteiger partial charge < -0.3 is 9.47 Å². The highest BCUT2D eigenvalue weighted by Crippen LogP contribution is 2.26. The Balaban J connectivity index is 1.57. The Kier molecular flexibility index (Phi) is 18.0. The van der Waals surface area contributed by atoms with Crippen LogP contribution < -0.4 is 4.74 Å². The second kappa shape index (κ2) is 21.2. The lowest BCUT2D eigenvalue weighted by Crippen LogP contribution is -2.01. The summed E-state index contributed by atoms with van der Waals surface area (Å²) in [6.45, 7) is 8.39. The Labute approximate surface area is 229 Å². The number of unbranched alkanes of at least 4 members (excludes halogenated alkanes) is 15. The topological polar surface area (TPSA) is 18.5 Å². The van der Waals surface area contributed by atoms with Gasteiger partial charge in [0.25, 0.3) is 0 Å². The Hall–Kier alpha value is -1.80. The zero-order chi connectivity index (χ0) is 26.4. The minimum atomic E-state index is 0.149. The molecule has 208 valence electrons. The Morgan fingerprint density at radius 3 is 1.38 bits per heavy atom. The predicted octanol–water partition coefficient (Wildman–Crippen LogP) is 11.5. The average molecular weight is 509 g/mol. The quantitative estimate of drug-likeness (QED) is 0.139. The molecule has 0 aliphatic heterocycles. The fourth-order valence-electron chi connectivity index (χ4n) is 4.89. The fourth-order valence-corrected chi connectivity index (χ4v) is 4.89. The van der Waals surface area contributed by atoms with Crippen molar-refractivity contribution >= 4 is 0 Å². The van der Waals surface area contributed by atoms with E-state index in [0.29, 0.717) is 0 Å². The first kappa shape index (κ1) is 31.4. The molecule has 0 aliphatic carbocycles. The van der Waals surface area contributed by atoms with E-state index in [-0.39, 0.29) is 6.10 Å². The van der Waals surface area contributed by atoms with Gasteiger partial charge in [0.1, 0.15) is 5.75 Å². The Bertz CT molecular complexity index is 765. The minimum Gasteiger partial charge on any atom is -0.494 e. The summed E-state index contributed by atoms with van der Waals surface area (Å²) >= 11 is 0. The van der Waals surface area contributed by atoms with Crippen molar-refractivity contribution < 1.29 is 9.47 Å². The van der Waals surface area contributed by atoms with Gasteiger partial charge in [-0.25, -0.2) is 0 Å². The lowest BCUT2D eigenvalue weighted by atomic mass is 10.0. The second-order valence-electron chi connectivity index (χ2n) is 10.8. The summed E-state index contributed by atoms with van der Waals surface area (Å²) < 4.78 is 12.1. The molecule has 2 aromatic rings. The fraction of sp³-hybridized carbons (Fsp3) is 0.657. The van der Waals surface area contributed by atoms with Crippen LogP contribution in [0, 0.1) is 0 Å². The molecule has 0 aromatic heterocycles. The summed E-state index contributed by atoms with van der Waals surface area (Å²) in [6.07, 6.45) is 23.0.